The van der Waals surface area contributed by atoms with Crippen LogP contribution < -0.4 is 5.32 Å². The van der Waals surface area contributed by atoms with Crippen molar-refractivity contribution in [3.05, 3.63) is 58.9 Å². The lowest BCUT2D eigenvalue weighted by atomic mass is 10.1. The number of carbonyl (C=O) groups is 1. The lowest BCUT2D eigenvalue weighted by Gasteiger charge is -2.17. The number of aromatic nitrogens is 1. The average molecular weight is 325 g/mol. The number of amides is 1. The zero-order chi connectivity index (χ0) is 17.1. The molecule has 4 heteroatoms. The molecule has 0 bridgehead atoms. The molecular formula is C20H27N3O. The van der Waals surface area contributed by atoms with Gasteiger partial charge in [0.25, 0.3) is 5.91 Å². The highest BCUT2D eigenvalue weighted by Gasteiger charge is 2.28. The maximum atomic E-state index is 12.9. The van der Waals surface area contributed by atoms with Gasteiger partial charge in [0.2, 0.25) is 0 Å². The summed E-state index contributed by atoms with van der Waals surface area (Å²) in [7, 11) is 1.97. The molecule has 1 aromatic carbocycles. The summed E-state index contributed by atoms with van der Waals surface area (Å²) in [5, 5.41) is 3.22. The molecule has 2 aromatic rings. The fourth-order valence-electron chi connectivity index (χ4n) is 3.67. The van der Waals surface area contributed by atoms with Gasteiger partial charge in [-0.2, -0.15) is 0 Å². The van der Waals surface area contributed by atoms with Crippen LogP contribution >= 0.6 is 0 Å². The number of rotatable bonds is 5. The maximum absolute atomic E-state index is 12.9. The van der Waals surface area contributed by atoms with Crippen molar-refractivity contribution in [2.45, 2.75) is 26.8 Å². The quantitative estimate of drug-likeness (QED) is 0.918. The van der Waals surface area contributed by atoms with Gasteiger partial charge in [0.1, 0.15) is 0 Å². The van der Waals surface area contributed by atoms with Crippen molar-refractivity contribution >= 4 is 5.91 Å². The van der Waals surface area contributed by atoms with Crippen LogP contribution in [0.4, 0.5) is 0 Å². The number of likely N-dealkylation sites (tertiary alicyclic amines) is 1. The van der Waals surface area contributed by atoms with Crippen LogP contribution in [-0.4, -0.2) is 42.1 Å². The topological polar surface area (TPSA) is 37.3 Å². The van der Waals surface area contributed by atoms with E-state index in [1.807, 2.05) is 24.1 Å². The Balaban J connectivity index is 1.77. The van der Waals surface area contributed by atoms with Gasteiger partial charge in [0, 0.05) is 31.0 Å². The summed E-state index contributed by atoms with van der Waals surface area (Å²) >= 11 is 0. The predicted octanol–water partition coefficient (Wildman–Crippen LogP) is 2.83. The van der Waals surface area contributed by atoms with Crippen molar-refractivity contribution in [1.82, 2.24) is 14.8 Å². The molecule has 1 saturated heterocycles. The molecule has 1 N–H and O–H groups in total. The van der Waals surface area contributed by atoms with E-state index >= 15 is 0 Å². The van der Waals surface area contributed by atoms with Crippen molar-refractivity contribution < 1.29 is 4.79 Å². The monoisotopic (exact) mass is 325 g/mol. The molecule has 2 heterocycles. The fourth-order valence-corrected chi connectivity index (χ4v) is 3.67. The first kappa shape index (κ1) is 16.8. The zero-order valence-corrected chi connectivity index (χ0v) is 14.9. The van der Waals surface area contributed by atoms with E-state index in [-0.39, 0.29) is 5.91 Å². The Labute approximate surface area is 144 Å². The molecule has 1 aromatic heterocycles. The second-order valence-corrected chi connectivity index (χ2v) is 6.82. The average Bonchev–Trinajstić information content (AvgIpc) is 3.16. The summed E-state index contributed by atoms with van der Waals surface area (Å²) in [5.74, 6) is 0.757. The van der Waals surface area contributed by atoms with Crippen LogP contribution in [0.25, 0.3) is 0 Å². The van der Waals surface area contributed by atoms with Crippen molar-refractivity contribution in [2.75, 3.05) is 26.7 Å². The molecule has 1 atom stereocenters. The van der Waals surface area contributed by atoms with Gasteiger partial charge in [0.05, 0.1) is 5.56 Å². The number of aryl methyl sites for hydroxylation is 1. The lowest BCUT2D eigenvalue weighted by Crippen LogP contribution is -2.30. The normalized spacial score (nSPS) is 17.5. The summed E-state index contributed by atoms with van der Waals surface area (Å²) in [6.45, 7) is 7.67. The highest BCUT2D eigenvalue weighted by Crippen LogP contribution is 2.23. The van der Waals surface area contributed by atoms with Gasteiger partial charge in [-0.1, -0.05) is 30.3 Å². The first-order valence-electron chi connectivity index (χ1n) is 8.74. The maximum Gasteiger partial charge on any atom is 0.255 e. The molecule has 0 radical (unpaired) electrons. The summed E-state index contributed by atoms with van der Waals surface area (Å²) in [6, 6.07) is 12.4. The molecule has 1 fully saturated rings. The van der Waals surface area contributed by atoms with Crippen LogP contribution in [0.15, 0.2) is 36.4 Å². The van der Waals surface area contributed by atoms with E-state index in [9.17, 15) is 4.79 Å². The third-order valence-corrected chi connectivity index (χ3v) is 5.05. The van der Waals surface area contributed by atoms with Gasteiger partial charge in [-0.15, -0.1) is 0 Å². The summed E-state index contributed by atoms with van der Waals surface area (Å²) < 4.78 is 2.24. The van der Waals surface area contributed by atoms with Gasteiger partial charge in [0.15, 0.2) is 0 Å². The third kappa shape index (κ3) is 3.39. The van der Waals surface area contributed by atoms with Gasteiger partial charge in [-0.3, -0.25) is 4.79 Å². The minimum Gasteiger partial charge on any atom is -0.344 e. The second-order valence-electron chi connectivity index (χ2n) is 6.82. The van der Waals surface area contributed by atoms with E-state index in [1.54, 1.807) is 0 Å². The van der Waals surface area contributed by atoms with Crippen molar-refractivity contribution in [3.63, 3.8) is 0 Å². The Morgan fingerprint density at radius 2 is 2.00 bits per heavy atom. The number of nitrogens with zero attached hydrogens (tertiary/aromatic N) is 2. The standard InChI is InChI=1S/C20H27N3O/c1-15-11-19(20(24)22-10-9-18(13-22)12-21-3)16(2)23(15)14-17-7-5-4-6-8-17/h4-8,11,18,21H,9-10,12-14H2,1-3H3/t18-/m1/s1. The van der Waals surface area contributed by atoms with E-state index in [2.05, 4.69) is 48.0 Å². The molecule has 1 aliphatic rings. The second kappa shape index (κ2) is 7.22. The molecule has 1 amide bonds. The first-order valence-corrected chi connectivity index (χ1v) is 8.74. The Hall–Kier alpha value is -2.07. The van der Waals surface area contributed by atoms with E-state index < -0.39 is 0 Å². The predicted molar refractivity (Wildman–Crippen MR) is 97.4 cm³/mol. The van der Waals surface area contributed by atoms with E-state index in [4.69, 9.17) is 0 Å². The van der Waals surface area contributed by atoms with Crippen LogP contribution in [0, 0.1) is 19.8 Å². The van der Waals surface area contributed by atoms with Crippen LogP contribution in [0.2, 0.25) is 0 Å². The Morgan fingerprint density at radius 3 is 2.71 bits per heavy atom. The largest absolute Gasteiger partial charge is 0.344 e. The Kier molecular flexibility index (Phi) is 5.05. The van der Waals surface area contributed by atoms with E-state index in [0.717, 1.165) is 49.6 Å². The SMILES string of the molecule is CNC[C@H]1CCN(C(=O)c2cc(C)n(Cc3ccccc3)c2C)C1. The lowest BCUT2D eigenvalue weighted by molar-refractivity contribution is 0.0786. The Morgan fingerprint density at radius 1 is 1.25 bits per heavy atom. The number of nitrogens with one attached hydrogen (secondary N) is 1. The molecule has 1 aliphatic heterocycles. The smallest absolute Gasteiger partial charge is 0.255 e. The summed E-state index contributed by atoms with van der Waals surface area (Å²) in [4.78, 5) is 14.9. The molecule has 4 nitrogen and oxygen atoms in total. The summed E-state index contributed by atoms with van der Waals surface area (Å²) in [5.41, 5.74) is 4.33. The van der Waals surface area contributed by atoms with Crippen LogP contribution in [0.3, 0.4) is 0 Å². The van der Waals surface area contributed by atoms with E-state index in [0.29, 0.717) is 5.92 Å². The number of hydrogen-bond acceptors (Lipinski definition) is 2. The van der Waals surface area contributed by atoms with Gasteiger partial charge < -0.3 is 14.8 Å². The Bertz CT molecular complexity index is 705. The first-order chi connectivity index (χ1) is 11.6. The van der Waals surface area contributed by atoms with Crippen molar-refractivity contribution in [1.29, 1.82) is 0 Å². The molecule has 3 rings (SSSR count). The fraction of sp³-hybridized carbons (Fsp3) is 0.450. The minimum atomic E-state index is 0.181. The third-order valence-electron chi connectivity index (χ3n) is 5.05. The molecule has 0 unspecified atom stereocenters. The van der Waals surface area contributed by atoms with E-state index in [1.165, 1.54) is 5.56 Å². The zero-order valence-electron chi connectivity index (χ0n) is 14.9. The van der Waals surface area contributed by atoms with Crippen LogP contribution in [0.1, 0.15) is 33.7 Å². The van der Waals surface area contributed by atoms with Crippen molar-refractivity contribution in [3.8, 4) is 0 Å². The molecule has 0 spiro atoms. The number of benzene rings is 1. The number of hydrogen-bond donors (Lipinski definition) is 1. The van der Waals surface area contributed by atoms with Crippen molar-refractivity contribution in [2.24, 2.45) is 5.92 Å². The van der Waals surface area contributed by atoms with Crippen LogP contribution in [0.5, 0.6) is 0 Å². The highest BCUT2D eigenvalue weighted by molar-refractivity contribution is 5.96. The van der Waals surface area contributed by atoms with Gasteiger partial charge in [-0.05, 0) is 51.4 Å². The van der Waals surface area contributed by atoms with Gasteiger partial charge >= 0.3 is 0 Å². The minimum absolute atomic E-state index is 0.181. The molecular weight excluding hydrogens is 298 g/mol. The molecule has 0 aliphatic carbocycles. The highest BCUT2D eigenvalue weighted by atomic mass is 16.2. The molecule has 24 heavy (non-hydrogen) atoms. The molecule has 128 valence electrons. The molecule has 0 saturated carbocycles. The van der Waals surface area contributed by atoms with Crippen LogP contribution in [-0.2, 0) is 6.54 Å². The van der Waals surface area contributed by atoms with Gasteiger partial charge in [-0.25, -0.2) is 0 Å². The summed E-state index contributed by atoms with van der Waals surface area (Å²) in [6.07, 6.45) is 1.09. The number of carbonyl (C=O) groups excluding carboxylic acids is 1.